The van der Waals surface area contributed by atoms with Gasteiger partial charge in [0.2, 0.25) is 11.8 Å². The number of nitrogens with one attached hydrogen (secondary N) is 1. The number of hydrogen-bond donors (Lipinski definition) is 1. The standard InChI is InChI=1S/C15H18N4O3/c1-11-4-2-3-5-12(11)14-18-17-13(22-14)10-16-15(20)19-6-8-21-9-7-19/h2-5H,6-10H2,1H3,(H,16,20). The highest BCUT2D eigenvalue weighted by atomic mass is 16.5. The van der Waals surface area contributed by atoms with Crippen LogP contribution in [0.4, 0.5) is 4.79 Å². The summed E-state index contributed by atoms with van der Waals surface area (Å²) in [5, 5.41) is 10.8. The lowest BCUT2D eigenvalue weighted by atomic mass is 10.1. The Labute approximate surface area is 128 Å². The van der Waals surface area contributed by atoms with Crippen molar-refractivity contribution in [1.82, 2.24) is 20.4 Å². The largest absolute Gasteiger partial charge is 0.419 e. The minimum absolute atomic E-state index is 0.140. The molecule has 116 valence electrons. The fraction of sp³-hybridized carbons (Fsp3) is 0.400. The first-order valence-corrected chi connectivity index (χ1v) is 7.23. The fourth-order valence-electron chi connectivity index (χ4n) is 2.28. The highest BCUT2D eigenvalue weighted by Gasteiger charge is 2.17. The van der Waals surface area contributed by atoms with Crippen molar-refractivity contribution < 1.29 is 13.9 Å². The molecule has 0 bridgehead atoms. The van der Waals surface area contributed by atoms with E-state index in [0.29, 0.717) is 38.1 Å². The van der Waals surface area contributed by atoms with Crippen molar-refractivity contribution in [3.8, 4) is 11.5 Å². The summed E-state index contributed by atoms with van der Waals surface area (Å²) in [7, 11) is 0. The molecule has 0 radical (unpaired) electrons. The topological polar surface area (TPSA) is 80.5 Å². The zero-order chi connectivity index (χ0) is 15.4. The summed E-state index contributed by atoms with van der Waals surface area (Å²) in [6.45, 7) is 4.56. The average Bonchev–Trinajstić information content (AvgIpc) is 3.02. The van der Waals surface area contributed by atoms with Gasteiger partial charge < -0.3 is 19.4 Å². The summed E-state index contributed by atoms with van der Waals surface area (Å²) >= 11 is 0. The zero-order valence-corrected chi connectivity index (χ0v) is 12.4. The van der Waals surface area contributed by atoms with Crippen molar-refractivity contribution in [1.29, 1.82) is 0 Å². The molecule has 0 saturated carbocycles. The molecule has 1 aliphatic rings. The van der Waals surface area contributed by atoms with Crippen molar-refractivity contribution in [2.75, 3.05) is 26.3 Å². The maximum atomic E-state index is 12.0. The first-order valence-electron chi connectivity index (χ1n) is 7.23. The lowest BCUT2D eigenvalue weighted by molar-refractivity contribution is 0.0530. The molecule has 3 rings (SSSR count). The third-order valence-electron chi connectivity index (χ3n) is 3.53. The Morgan fingerprint density at radius 1 is 1.27 bits per heavy atom. The third-order valence-corrected chi connectivity index (χ3v) is 3.53. The molecule has 1 N–H and O–H groups in total. The molecule has 2 amide bonds. The molecule has 0 spiro atoms. The number of urea groups is 1. The molecule has 1 aromatic carbocycles. The summed E-state index contributed by atoms with van der Waals surface area (Å²) in [5.74, 6) is 0.855. The van der Waals surface area contributed by atoms with E-state index < -0.39 is 0 Å². The van der Waals surface area contributed by atoms with Crippen LogP contribution in [-0.2, 0) is 11.3 Å². The van der Waals surface area contributed by atoms with Crippen molar-refractivity contribution in [3.05, 3.63) is 35.7 Å². The van der Waals surface area contributed by atoms with Gasteiger partial charge in [-0.25, -0.2) is 4.79 Å². The number of rotatable bonds is 3. The van der Waals surface area contributed by atoms with E-state index in [9.17, 15) is 4.79 Å². The molecule has 0 aliphatic carbocycles. The van der Waals surface area contributed by atoms with Gasteiger partial charge in [0.05, 0.1) is 19.8 Å². The van der Waals surface area contributed by atoms with Gasteiger partial charge in [-0.1, -0.05) is 18.2 Å². The van der Waals surface area contributed by atoms with Crippen LogP contribution in [0.15, 0.2) is 28.7 Å². The predicted molar refractivity (Wildman–Crippen MR) is 79.1 cm³/mol. The Bertz CT molecular complexity index is 650. The lowest BCUT2D eigenvalue weighted by Gasteiger charge is -2.26. The van der Waals surface area contributed by atoms with E-state index in [1.54, 1.807) is 4.90 Å². The average molecular weight is 302 g/mol. The van der Waals surface area contributed by atoms with E-state index in [2.05, 4.69) is 15.5 Å². The van der Waals surface area contributed by atoms with E-state index in [1.165, 1.54) is 0 Å². The second-order valence-electron chi connectivity index (χ2n) is 5.07. The van der Waals surface area contributed by atoms with Gasteiger partial charge in [-0.2, -0.15) is 0 Å². The molecule has 0 unspecified atom stereocenters. The minimum Gasteiger partial charge on any atom is -0.419 e. The molecule has 7 nitrogen and oxygen atoms in total. The first kappa shape index (κ1) is 14.5. The molecule has 1 aromatic heterocycles. The van der Waals surface area contributed by atoms with Gasteiger partial charge in [0.15, 0.2) is 0 Å². The Balaban J connectivity index is 1.60. The van der Waals surface area contributed by atoms with Gasteiger partial charge >= 0.3 is 6.03 Å². The van der Waals surface area contributed by atoms with Gasteiger partial charge in [0.1, 0.15) is 0 Å². The number of carbonyl (C=O) groups is 1. The van der Waals surface area contributed by atoms with Crippen LogP contribution >= 0.6 is 0 Å². The minimum atomic E-state index is -0.140. The quantitative estimate of drug-likeness (QED) is 0.931. The SMILES string of the molecule is Cc1ccccc1-c1nnc(CNC(=O)N2CCOCC2)o1. The highest BCUT2D eigenvalue weighted by molar-refractivity contribution is 5.74. The first-order chi connectivity index (χ1) is 10.7. The van der Waals surface area contributed by atoms with E-state index >= 15 is 0 Å². The lowest BCUT2D eigenvalue weighted by Crippen LogP contribution is -2.45. The summed E-state index contributed by atoms with van der Waals surface area (Å²) in [5.41, 5.74) is 1.97. The van der Waals surface area contributed by atoms with Crippen LogP contribution in [0.2, 0.25) is 0 Å². The Morgan fingerprint density at radius 2 is 2.05 bits per heavy atom. The second kappa shape index (κ2) is 6.57. The summed E-state index contributed by atoms with van der Waals surface area (Å²) in [6.07, 6.45) is 0. The van der Waals surface area contributed by atoms with Crippen LogP contribution in [-0.4, -0.2) is 47.4 Å². The molecule has 1 aliphatic heterocycles. The van der Waals surface area contributed by atoms with Gasteiger partial charge in [-0.3, -0.25) is 0 Å². The fourth-order valence-corrected chi connectivity index (χ4v) is 2.28. The summed E-state index contributed by atoms with van der Waals surface area (Å²) in [4.78, 5) is 13.7. The molecule has 7 heteroatoms. The van der Waals surface area contributed by atoms with Crippen molar-refractivity contribution in [2.24, 2.45) is 0 Å². The van der Waals surface area contributed by atoms with Crippen LogP contribution in [0.25, 0.3) is 11.5 Å². The molecule has 22 heavy (non-hydrogen) atoms. The highest BCUT2D eigenvalue weighted by Crippen LogP contribution is 2.21. The maximum Gasteiger partial charge on any atom is 0.317 e. The number of amides is 2. The zero-order valence-electron chi connectivity index (χ0n) is 12.4. The molecular weight excluding hydrogens is 284 g/mol. The van der Waals surface area contributed by atoms with Gasteiger partial charge in [-0.15, -0.1) is 10.2 Å². The molecular formula is C15H18N4O3. The summed E-state index contributed by atoms with van der Waals surface area (Å²) < 4.78 is 10.8. The number of aromatic nitrogens is 2. The van der Waals surface area contributed by atoms with E-state index in [1.807, 2.05) is 31.2 Å². The number of benzene rings is 1. The molecule has 1 fully saturated rings. The number of hydrogen-bond acceptors (Lipinski definition) is 5. The number of nitrogens with zero attached hydrogens (tertiary/aromatic N) is 3. The Morgan fingerprint density at radius 3 is 2.82 bits per heavy atom. The van der Waals surface area contributed by atoms with Crippen molar-refractivity contribution in [3.63, 3.8) is 0 Å². The van der Waals surface area contributed by atoms with Crippen molar-refractivity contribution in [2.45, 2.75) is 13.5 Å². The number of carbonyl (C=O) groups excluding carboxylic acids is 1. The van der Waals surface area contributed by atoms with Crippen LogP contribution in [0.3, 0.4) is 0 Å². The number of ether oxygens (including phenoxy) is 1. The molecule has 1 saturated heterocycles. The molecule has 0 atom stereocenters. The van der Waals surface area contributed by atoms with E-state index in [0.717, 1.165) is 11.1 Å². The van der Waals surface area contributed by atoms with Crippen LogP contribution < -0.4 is 5.32 Å². The van der Waals surface area contributed by atoms with Gasteiger partial charge in [0, 0.05) is 18.7 Å². The normalized spacial score (nSPS) is 14.9. The smallest absolute Gasteiger partial charge is 0.317 e. The van der Waals surface area contributed by atoms with Crippen molar-refractivity contribution >= 4 is 6.03 Å². The molecule has 2 aromatic rings. The maximum absolute atomic E-state index is 12.0. The third kappa shape index (κ3) is 3.25. The second-order valence-corrected chi connectivity index (χ2v) is 5.07. The predicted octanol–water partition coefficient (Wildman–Crippen LogP) is 1.59. The Hall–Kier alpha value is -2.41. The Kier molecular flexibility index (Phi) is 4.34. The van der Waals surface area contributed by atoms with Gasteiger partial charge in [-0.05, 0) is 18.6 Å². The number of aryl methyl sites for hydroxylation is 1. The van der Waals surface area contributed by atoms with Crippen LogP contribution in [0, 0.1) is 6.92 Å². The molecule has 2 heterocycles. The number of morpholine rings is 1. The summed E-state index contributed by atoms with van der Waals surface area (Å²) in [6, 6.07) is 7.66. The van der Waals surface area contributed by atoms with Crippen LogP contribution in [0.5, 0.6) is 0 Å². The van der Waals surface area contributed by atoms with E-state index in [4.69, 9.17) is 9.15 Å². The monoisotopic (exact) mass is 302 g/mol. The van der Waals surface area contributed by atoms with Gasteiger partial charge in [0.25, 0.3) is 0 Å². The van der Waals surface area contributed by atoms with Crippen LogP contribution in [0.1, 0.15) is 11.5 Å². The van der Waals surface area contributed by atoms with E-state index in [-0.39, 0.29) is 12.6 Å².